The molecule has 6 nitrogen and oxygen atoms in total. The Morgan fingerprint density at radius 1 is 1.08 bits per heavy atom. The van der Waals surface area contributed by atoms with Crippen molar-refractivity contribution in [1.82, 2.24) is 15.5 Å². The first-order chi connectivity index (χ1) is 12.2. The number of hydrogen-bond donors (Lipinski definition) is 2. The van der Waals surface area contributed by atoms with Crippen LogP contribution in [0, 0.1) is 0 Å². The molecule has 25 heavy (non-hydrogen) atoms. The molecular formula is C19H21N4O2+. The number of amides is 1. The molecule has 1 heterocycles. The highest BCUT2D eigenvalue weighted by Crippen LogP contribution is 2.14. The molecule has 0 bridgehead atoms. The van der Waals surface area contributed by atoms with Crippen LogP contribution < -0.4 is 10.2 Å². The van der Waals surface area contributed by atoms with E-state index in [1.54, 1.807) is 7.05 Å². The van der Waals surface area contributed by atoms with Gasteiger partial charge in [-0.2, -0.15) is 4.98 Å². The molecule has 128 valence electrons. The third kappa shape index (κ3) is 4.30. The van der Waals surface area contributed by atoms with Gasteiger partial charge in [0.2, 0.25) is 5.82 Å². The molecule has 3 rings (SSSR count). The molecule has 3 aromatic rings. The van der Waals surface area contributed by atoms with E-state index in [-0.39, 0.29) is 5.91 Å². The van der Waals surface area contributed by atoms with Gasteiger partial charge in [0.1, 0.15) is 6.54 Å². The minimum absolute atomic E-state index is 0.0773. The average molecular weight is 337 g/mol. The van der Waals surface area contributed by atoms with Crippen LogP contribution in [0.2, 0.25) is 0 Å². The molecule has 1 aromatic heterocycles. The van der Waals surface area contributed by atoms with Crippen molar-refractivity contribution in [3.63, 3.8) is 0 Å². The van der Waals surface area contributed by atoms with E-state index in [4.69, 9.17) is 4.52 Å². The molecule has 0 aliphatic rings. The van der Waals surface area contributed by atoms with Crippen LogP contribution in [0.4, 0.5) is 0 Å². The smallest absolute Gasteiger partial charge is 0.282 e. The van der Waals surface area contributed by atoms with Crippen LogP contribution in [0.1, 0.15) is 21.8 Å². The second-order valence-electron chi connectivity index (χ2n) is 5.96. The summed E-state index contributed by atoms with van der Waals surface area (Å²) in [5.74, 6) is 1.14. The zero-order valence-corrected chi connectivity index (χ0v) is 14.3. The van der Waals surface area contributed by atoms with E-state index in [1.165, 1.54) is 4.90 Å². The van der Waals surface area contributed by atoms with Crippen LogP contribution in [0.25, 0.3) is 11.4 Å². The Hall–Kier alpha value is -2.99. The second kappa shape index (κ2) is 7.72. The molecule has 1 unspecified atom stereocenters. The second-order valence-corrected chi connectivity index (χ2v) is 5.96. The number of rotatable bonds is 6. The maximum atomic E-state index is 11.6. The first kappa shape index (κ1) is 16.9. The van der Waals surface area contributed by atoms with Crippen molar-refractivity contribution < 1.29 is 14.2 Å². The van der Waals surface area contributed by atoms with Gasteiger partial charge in [0.15, 0.2) is 6.54 Å². The van der Waals surface area contributed by atoms with Crippen molar-refractivity contribution in [2.24, 2.45) is 0 Å². The van der Waals surface area contributed by atoms with Crippen molar-refractivity contribution in [2.75, 3.05) is 14.1 Å². The van der Waals surface area contributed by atoms with Crippen LogP contribution in [-0.2, 0) is 13.1 Å². The molecular weight excluding hydrogens is 316 g/mol. The fourth-order valence-corrected chi connectivity index (χ4v) is 2.62. The predicted octanol–water partition coefficient (Wildman–Crippen LogP) is 1.31. The minimum atomic E-state index is -0.0773. The summed E-state index contributed by atoms with van der Waals surface area (Å²) in [5.41, 5.74) is 2.75. The normalized spacial score (nSPS) is 11.9. The summed E-state index contributed by atoms with van der Waals surface area (Å²) < 4.78 is 5.36. The van der Waals surface area contributed by atoms with Crippen molar-refractivity contribution in [3.05, 3.63) is 71.6 Å². The Morgan fingerprint density at radius 3 is 2.48 bits per heavy atom. The molecule has 0 saturated carbocycles. The van der Waals surface area contributed by atoms with E-state index in [9.17, 15) is 4.79 Å². The third-order valence-electron chi connectivity index (χ3n) is 3.90. The van der Waals surface area contributed by atoms with E-state index in [1.807, 2.05) is 54.6 Å². The summed E-state index contributed by atoms with van der Waals surface area (Å²) in [6.07, 6.45) is 0. The number of aromatic nitrogens is 2. The lowest BCUT2D eigenvalue weighted by atomic mass is 10.1. The maximum absolute atomic E-state index is 11.6. The number of carbonyl (C=O) groups is 1. The van der Waals surface area contributed by atoms with Gasteiger partial charge >= 0.3 is 0 Å². The van der Waals surface area contributed by atoms with Crippen LogP contribution in [0.3, 0.4) is 0 Å². The molecule has 0 aliphatic heterocycles. The lowest BCUT2D eigenvalue weighted by Gasteiger charge is -2.11. The number of nitrogens with zero attached hydrogens (tertiary/aromatic N) is 2. The predicted molar refractivity (Wildman–Crippen MR) is 93.9 cm³/mol. The van der Waals surface area contributed by atoms with Crippen LogP contribution >= 0.6 is 0 Å². The molecule has 2 aromatic carbocycles. The fourth-order valence-electron chi connectivity index (χ4n) is 2.62. The summed E-state index contributed by atoms with van der Waals surface area (Å²) in [7, 11) is 3.70. The summed E-state index contributed by atoms with van der Waals surface area (Å²) >= 11 is 0. The van der Waals surface area contributed by atoms with Gasteiger partial charge in [-0.25, -0.2) is 0 Å². The first-order valence-electron chi connectivity index (χ1n) is 8.16. The number of benzene rings is 2. The first-order valence-corrected chi connectivity index (χ1v) is 8.16. The van der Waals surface area contributed by atoms with Gasteiger partial charge in [-0.1, -0.05) is 47.6 Å². The quantitative estimate of drug-likeness (QED) is 0.711. The Kier molecular flexibility index (Phi) is 5.20. The maximum Gasteiger partial charge on any atom is 0.282 e. The monoisotopic (exact) mass is 337 g/mol. The minimum Gasteiger partial charge on any atom is -0.355 e. The number of nitrogens with one attached hydrogen (secondary N) is 2. The standard InChI is InChI=1S/C19H20N4O2/c1-20-19(24)16-10-8-14(9-11-16)12-23(2)13-17-21-18(22-25-17)15-6-4-3-5-7-15/h3-11H,12-13H2,1-2H3,(H,20,24)/p+1. The number of quaternary nitrogens is 1. The highest BCUT2D eigenvalue weighted by atomic mass is 16.5. The fraction of sp³-hybridized carbons (Fsp3) is 0.211. The van der Waals surface area contributed by atoms with Crippen molar-refractivity contribution in [3.8, 4) is 11.4 Å². The van der Waals surface area contributed by atoms with Gasteiger partial charge in [-0.05, 0) is 12.1 Å². The SMILES string of the molecule is CNC(=O)c1ccc(C[NH+](C)Cc2nc(-c3ccccc3)no2)cc1. The van der Waals surface area contributed by atoms with Gasteiger partial charge in [0.25, 0.3) is 11.8 Å². The lowest BCUT2D eigenvalue weighted by molar-refractivity contribution is -0.909. The van der Waals surface area contributed by atoms with Gasteiger partial charge in [0.05, 0.1) is 7.05 Å². The third-order valence-corrected chi connectivity index (χ3v) is 3.90. The van der Waals surface area contributed by atoms with E-state index >= 15 is 0 Å². The molecule has 0 aliphatic carbocycles. The molecule has 1 amide bonds. The summed E-state index contributed by atoms with van der Waals surface area (Å²) in [6.45, 7) is 1.44. The molecule has 1 atom stereocenters. The summed E-state index contributed by atoms with van der Waals surface area (Å²) in [5, 5.41) is 6.66. The highest BCUT2D eigenvalue weighted by molar-refractivity contribution is 5.93. The van der Waals surface area contributed by atoms with Crippen molar-refractivity contribution >= 4 is 5.91 Å². The van der Waals surface area contributed by atoms with E-state index < -0.39 is 0 Å². The van der Waals surface area contributed by atoms with Crippen LogP contribution in [0.15, 0.2) is 59.1 Å². The molecule has 0 fully saturated rings. The Morgan fingerprint density at radius 2 is 1.80 bits per heavy atom. The Balaban J connectivity index is 1.60. The van der Waals surface area contributed by atoms with Crippen LogP contribution in [0.5, 0.6) is 0 Å². The van der Waals surface area contributed by atoms with Gasteiger partial charge in [-0.3, -0.25) is 4.79 Å². The topological polar surface area (TPSA) is 72.5 Å². The molecule has 6 heteroatoms. The summed E-state index contributed by atoms with van der Waals surface area (Å²) in [6, 6.07) is 17.4. The van der Waals surface area contributed by atoms with Gasteiger partial charge in [-0.15, -0.1) is 0 Å². The number of carbonyl (C=O) groups excluding carboxylic acids is 1. The van der Waals surface area contributed by atoms with E-state index in [2.05, 4.69) is 22.5 Å². The summed E-state index contributed by atoms with van der Waals surface area (Å²) in [4.78, 5) is 17.2. The van der Waals surface area contributed by atoms with Gasteiger partial charge in [0, 0.05) is 23.7 Å². The zero-order chi connectivity index (χ0) is 17.6. The van der Waals surface area contributed by atoms with E-state index in [0.717, 1.165) is 17.7 Å². The molecule has 0 saturated heterocycles. The Bertz CT molecular complexity index is 828. The molecule has 0 spiro atoms. The number of hydrogen-bond acceptors (Lipinski definition) is 4. The lowest BCUT2D eigenvalue weighted by Crippen LogP contribution is -3.06. The Labute approximate surface area is 146 Å². The van der Waals surface area contributed by atoms with Gasteiger partial charge < -0.3 is 14.7 Å². The average Bonchev–Trinajstić information content (AvgIpc) is 3.10. The van der Waals surface area contributed by atoms with Crippen LogP contribution in [-0.4, -0.2) is 30.1 Å². The van der Waals surface area contributed by atoms with Crippen molar-refractivity contribution in [2.45, 2.75) is 13.1 Å². The molecule has 2 N–H and O–H groups in total. The molecule has 0 radical (unpaired) electrons. The van der Waals surface area contributed by atoms with E-state index in [0.29, 0.717) is 23.8 Å². The van der Waals surface area contributed by atoms with Crippen molar-refractivity contribution in [1.29, 1.82) is 0 Å². The highest BCUT2D eigenvalue weighted by Gasteiger charge is 2.13. The largest absolute Gasteiger partial charge is 0.355 e. The zero-order valence-electron chi connectivity index (χ0n) is 14.3.